The van der Waals surface area contributed by atoms with Crippen LogP contribution in [-0.2, 0) is 9.59 Å². The lowest BCUT2D eigenvalue weighted by Gasteiger charge is -2.20. The summed E-state index contributed by atoms with van der Waals surface area (Å²) >= 11 is 5.99. The van der Waals surface area contributed by atoms with Crippen molar-refractivity contribution < 1.29 is 14.7 Å². The summed E-state index contributed by atoms with van der Waals surface area (Å²) in [5.74, 6) is -1.32. The van der Waals surface area contributed by atoms with Crippen LogP contribution in [0, 0.1) is 17.8 Å². The summed E-state index contributed by atoms with van der Waals surface area (Å²) < 4.78 is 0. The Labute approximate surface area is 136 Å². The van der Waals surface area contributed by atoms with Crippen LogP contribution in [0.2, 0.25) is 5.02 Å². The molecule has 1 aromatic carbocycles. The number of halogens is 1. The summed E-state index contributed by atoms with van der Waals surface area (Å²) in [7, 11) is 0. The van der Waals surface area contributed by atoms with Crippen LogP contribution in [0.25, 0.3) is 0 Å². The van der Waals surface area contributed by atoms with Gasteiger partial charge in [0, 0.05) is 6.42 Å². The second kappa shape index (κ2) is 8.79. The highest BCUT2D eigenvalue weighted by Gasteiger charge is 2.26. The molecule has 1 aromatic rings. The first-order valence-electron chi connectivity index (χ1n) is 7.58. The van der Waals surface area contributed by atoms with Crippen molar-refractivity contribution in [2.24, 2.45) is 17.8 Å². The van der Waals surface area contributed by atoms with E-state index in [0.29, 0.717) is 23.0 Å². The lowest BCUT2D eigenvalue weighted by Crippen LogP contribution is -2.26. The third-order valence-corrected chi connectivity index (χ3v) is 4.04. The molecule has 0 aliphatic carbocycles. The molecule has 0 aliphatic rings. The molecule has 2 N–H and O–H groups in total. The molecule has 4 nitrogen and oxygen atoms in total. The van der Waals surface area contributed by atoms with Crippen molar-refractivity contribution in [3.63, 3.8) is 0 Å². The summed E-state index contributed by atoms with van der Waals surface area (Å²) in [6.45, 7) is 5.94. The average Bonchev–Trinajstić information content (AvgIpc) is 2.40. The Morgan fingerprint density at radius 3 is 2.36 bits per heavy atom. The van der Waals surface area contributed by atoms with E-state index in [4.69, 9.17) is 11.6 Å². The molecule has 0 saturated carbocycles. The summed E-state index contributed by atoms with van der Waals surface area (Å²) in [5, 5.41) is 12.6. The van der Waals surface area contributed by atoms with E-state index in [1.165, 1.54) is 0 Å². The minimum atomic E-state index is -0.835. The van der Waals surface area contributed by atoms with E-state index in [9.17, 15) is 14.7 Å². The van der Waals surface area contributed by atoms with Crippen LogP contribution in [0.4, 0.5) is 5.69 Å². The number of hydrogen-bond donors (Lipinski definition) is 2. The van der Waals surface area contributed by atoms with E-state index < -0.39 is 11.9 Å². The highest BCUT2D eigenvalue weighted by atomic mass is 35.5. The Hall–Kier alpha value is -1.55. The molecule has 0 radical (unpaired) electrons. The number of rotatable bonds is 8. The average molecular weight is 326 g/mol. The van der Waals surface area contributed by atoms with Gasteiger partial charge in [-0.1, -0.05) is 50.9 Å². The van der Waals surface area contributed by atoms with Crippen molar-refractivity contribution in [2.75, 3.05) is 5.32 Å². The van der Waals surface area contributed by atoms with Gasteiger partial charge in [0.15, 0.2) is 0 Å². The lowest BCUT2D eigenvalue weighted by molar-refractivity contribution is -0.144. The largest absolute Gasteiger partial charge is 0.481 e. The highest BCUT2D eigenvalue weighted by Crippen LogP contribution is 2.25. The van der Waals surface area contributed by atoms with Crippen molar-refractivity contribution in [3.8, 4) is 0 Å². The zero-order valence-corrected chi connectivity index (χ0v) is 14.1. The van der Waals surface area contributed by atoms with E-state index in [2.05, 4.69) is 19.2 Å². The summed E-state index contributed by atoms with van der Waals surface area (Å²) in [4.78, 5) is 23.5. The monoisotopic (exact) mass is 325 g/mol. The second-order valence-corrected chi connectivity index (χ2v) is 6.53. The number of carbonyl (C=O) groups is 2. The van der Waals surface area contributed by atoms with Crippen molar-refractivity contribution in [1.29, 1.82) is 0 Å². The zero-order valence-electron chi connectivity index (χ0n) is 13.3. The van der Waals surface area contributed by atoms with E-state index in [1.54, 1.807) is 24.3 Å². The molecule has 0 unspecified atom stereocenters. The summed E-state index contributed by atoms with van der Waals surface area (Å²) in [6.07, 6.45) is 1.60. The highest BCUT2D eigenvalue weighted by molar-refractivity contribution is 6.33. The van der Waals surface area contributed by atoms with Crippen molar-refractivity contribution in [3.05, 3.63) is 29.3 Å². The van der Waals surface area contributed by atoms with Gasteiger partial charge in [0.2, 0.25) is 5.91 Å². The first-order valence-corrected chi connectivity index (χ1v) is 7.96. The van der Waals surface area contributed by atoms with Gasteiger partial charge in [-0.3, -0.25) is 9.59 Å². The number of aliphatic carboxylic acids is 1. The van der Waals surface area contributed by atoms with Crippen LogP contribution in [0.3, 0.4) is 0 Å². The van der Waals surface area contributed by atoms with Crippen LogP contribution >= 0.6 is 11.6 Å². The number of anilines is 1. The Bertz CT molecular complexity index is 516. The van der Waals surface area contributed by atoms with Crippen molar-refractivity contribution >= 4 is 29.2 Å². The number of nitrogens with one attached hydrogen (secondary N) is 1. The van der Waals surface area contributed by atoms with E-state index in [-0.39, 0.29) is 18.2 Å². The molecule has 0 fully saturated rings. The topological polar surface area (TPSA) is 66.4 Å². The van der Waals surface area contributed by atoms with Gasteiger partial charge in [-0.15, -0.1) is 0 Å². The van der Waals surface area contributed by atoms with Gasteiger partial charge in [-0.05, 0) is 30.4 Å². The number of carboxylic acids is 1. The SMILES string of the molecule is CC(C)CC[C@H](C(=O)O)[C@@H](C)CC(=O)Nc1ccccc1Cl. The van der Waals surface area contributed by atoms with Gasteiger partial charge in [-0.2, -0.15) is 0 Å². The van der Waals surface area contributed by atoms with Gasteiger partial charge < -0.3 is 10.4 Å². The summed E-state index contributed by atoms with van der Waals surface area (Å²) in [5.41, 5.74) is 0.551. The van der Waals surface area contributed by atoms with E-state index in [1.807, 2.05) is 6.92 Å². The fraction of sp³-hybridized carbons (Fsp3) is 0.529. The van der Waals surface area contributed by atoms with Crippen molar-refractivity contribution in [2.45, 2.75) is 40.0 Å². The Morgan fingerprint density at radius 2 is 1.82 bits per heavy atom. The van der Waals surface area contributed by atoms with Crippen LogP contribution in [0.1, 0.15) is 40.0 Å². The van der Waals surface area contributed by atoms with Gasteiger partial charge in [0.05, 0.1) is 16.6 Å². The van der Waals surface area contributed by atoms with E-state index >= 15 is 0 Å². The molecule has 0 spiro atoms. The maximum absolute atomic E-state index is 12.1. The fourth-order valence-electron chi connectivity index (χ4n) is 2.36. The maximum atomic E-state index is 12.1. The number of para-hydroxylation sites is 1. The van der Waals surface area contributed by atoms with Gasteiger partial charge >= 0.3 is 5.97 Å². The quantitative estimate of drug-likeness (QED) is 0.742. The number of hydrogen-bond acceptors (Lipinski definition) is 2. The maximum Gasteiger partial charge on any atom is 0.306 e. The van der Waals surface area contributed by atoms with Crippen LogP contribution in [0.5, 0.6) is 0 Å². The number of carboxylic acid groups (broad SMARTS) is 1. The molecule has 0 bridgehead atoms. The minimum Gasteiger partial charge on any atom is -0.481 e. The fourth-order valence-corrected chi connectivity index (χ4v) is 2.55. The number of benzene rings is 1. The smallest absolute Gasteiger partial charge is 0.306 e. The summed E-state index contributed by atoms with van der Waals surface area (Å²) in [6, 6.07) is 6.99. The third-order valence-electron chi connectivity index (χ3n) is 3.71. The van der Waals surface area contributed by atoms with Gasteiger partial charge in [0.1, 0.15) is 0 Å². The number of amides is 1. The minimum absolute atomic E-state index is 0.167. The van der Waals surface area contributed by atoms with Crippen LogP contribution < -0.4 is 5.32 Å². The first kappa shape index (κ1) is 18.5. The molecule has 1 rings (SSSR count). The van der Waals surface area contributed by atoms with E-state index in [0.717, 1.165) is 6.42 Å². The Kier molecular flexibility index (Phi) is 7.39. The van der Waals surface area contributed by atoms with Crippen LogP contribution in [-0.4, -0.2) is 17.0 Å². The molecule has 2 atom stereocenters. The molecule has 0 aromatic heterocycles. The molecule has 122 valence electrons. The molecule has 22 heavy (non-hydrogen) atoms. The first-order chi connectivity index (χ1) is 10.3. The molecule has 5 heteroatoms. The normalized spacial score (nSPS) is 13.7. The molecular formula is C17H24ClNO3. The predicted molar refractivity (Wildman–Crippen MR) is 89.1 cm³/mol. The molecular weight excluding hydrogens is 302 g/mol. The second-order valence-electron chi connectivity index (χ2n) is 6.13. The predicted octanol–water partition coefficient (Wildman–Crippen LogP) is 4.44. The van der Waals surface area contributed by atoms with Crippen molar-refractivity contribution in [1.82, 2.24) is 0 Å². The van der Waals surface area contributed by atoms with Gasteiger partial charge in [0.25, 0.3) is 0 Å². The molecule has 0 saturated heterocycles. The van der Waals surface area contributed by atoms with Gasteiger partial charge in [-0.25, -0.2) is 0 Å². The Morgan fingerprint density at radius 1 is 1.18 bits per heavy atom. The number of carbonyl (C=O) groups excluding carboxylic acids is 1. The molecule has 1 amide bonds. The Balaban J connectivity index is 2.61. The van der Waals surface area contributed by atoms with Crippen LogP contribution in [0.15, 0.2) is 24.3 Å². The molecule has 0 aliphatic heterocycles. The zero-order chi connectivity index (χ0) is 16.7. The third kappa shape index (κ3) is 6.06. The molecule has 0 heterocycles. The lowest BCUT2D eigenvalue weighted by atomic mass is 9.85. The standard InChI is InChI=1S/C17H24ClNO3/c1-11(2)8-9-13(17(21)22)12(3)10-16(20)19-15-7-5-4-6-14(15)18/h4-7,11-13H,8-10H2,1-3H3,(H,19,20)(H,21,22)/t12-,13-/m0/s1.